The van der Waals surface area contributed by atoms with Crippen molar-refractivity contribution in [1.29, 1.82) is 0 Å². The molecule has 1 saturated heterocycles. The molecule has 20 heavy (non-hydrogen) atoms. The van der Waals surface area contributed by atoms with Crippen LogP contribution in [0.5, 0.6) is 0 Å². The van der Waals surface area contributed by atoms with Gasteiger partial charge in [-0.3, -0.25) is 9.69 Å². The molecule has 0 aromatic heterocycles. The number of amides is 1. The van der Waals surface area contributed by atoms with Crippen molar-refractivity contribution >= 4 is 12.1 Å². The molecule has 2 atom stereocenters. The van der Waals surface area contributed by atoms with Gasteiger partial charge in [0.2, 0.25) is 0 Å². The van der Waals surface area contributed by atoms with Crippen LogP contribution in [-0.4, -0.2) is 55.5 Å². The Morgan fingerprint density at radius 3 is 2.35 bits per heavy atom. The molecule has 0 bridgehead atoms. The van der Waals surface area contributed by atoms with E-state index < -0.39 is 17.2 Å². The molecule has 1 fully saturated rings. The van der Waals surface area contributed by atoms with E-state index in [1.807, 2.05) is 27.7 Å². The summed E-state index contributed by atoms with van der Waals surface area (Å²) in [5, 5.41) is 0. The summed E-state index contributed by atoms with van der Waals surface area (Å²) in [6.07, 6.45) is 0.0793. The Kier molecular flexibility index (Phi) is 5.02. The number of methoxy groups -OCH3 is 2. The van der Waals surface area contributed by atoms with Crippen LogP contribution in [0.1, 0.15) is 34.1 Å². The molecule has 0 aromatic rings. The molecule has 0 aliphatic carbocycles. The second kappa shape index (κ2) is 5.99. The van der Waals surface area contributed by atoms with Gasteiger partial charge in [0.1, 0.15) is 5.60 Å². The molecule has 1 rings (SSSR count). The number of rotatable bonds is 3. The molecule has 1 heterocycles. The van der Waals surface area contributed by atoms with E-state index in [0.29, 0.717) is 19.6 Å². The molecule has 1 aliphatic rings. The molecule has 2 unspecified atom stereocenters. The molecule has 0 spiro atoms. The number of carbonyl (C=O) groups excluding carboxylic acids is 2. The SMILES string of the molecule is COCC1(C)CC(C(=O)OC)CN1C(=O)OC(C)(C)C. The third-order valence-electron chi connectivity index (χ3n) is 3.34. The van der Waals surface area contributed by atoms with Crippen molar-refractivity contribution in [2.24, 2.45) is 5.92 Å². The first-order chi connectivity index (χ1) is 9.13. The summed E-state index contributed by atoms with van der Waals surface area (Å²) in [5.41, 5.74) is -1.13. The van der Waals surface area contributed by atoms with Gasteiger partial charge in [-0.15, -0.1) is 0 Å². The highest BCUT2D eigenvalue weighted by Gasteiger charge is 2.48. The molecule has 0 radical (unpaired) electrons. The Hall–Kier alpha value is -1.30. The van der Waals surface area contributed by atoms with Crippen molar-refractivity contribution in [1.82, 2.24) is 4.90 Å². The number of hydrogen-bond acceptors (Lipinski definition) is 5. The van der Waals surface area contributed by atoms with Crippen molar-refractivity contribution in [3.8, 4) is 0 Å². The molecule has 1 amide bonds. The molecular formula is C14H25NO5. The molecule has 0 N–H and O–H groups in total. The largest absolute Gasteiger partial charge is 0.469 e. The molecule has 6 heteroatoms. The third-order valence-corrected chi connectivity index (χ3v) is 3.34. The highest BCUT2D eigenvalue weighted by molar-refractivity contribution is 5.76. The zero-order valence-electron chi connectivity index (χ0n) is 13.2. The average molecular weight is 287 g/mol. The maximum atomic E-state index is 12.3. The van der Waals surface area contributed by atoms with Gasteiger partial charge in [0.25, 0.3) is 0 Å². The van der Waals surface area contributed by atoms with Crippen LogP contribution in [0.2, 0.25) is 0 Å². The average Bonchev–Trinajstić information content (AvgIpc) is 2.64. The van der Waals surface area contributed by atoms with Crippen LogP contribution in [0, 0.1) is 5.92 Å². The Morgan fingerprint density at radius 1 is 1.30 bits per heavy atom. The molecular weight excluding hydrogens is 262 g/mol. The van der Waals surface area contributed by atoms with E-state index in [0.717, 1.165) is 0 Å². The molecule has 6 nitrogen and oxygen atoms in total. The second-order valence-corrected chi connectivity index (χ2v) is 6.45. The van der Waals surface area contributed by atoms with Gasteiger partial charge in [-0.2, -0.15) is 0 Å². The minimum absolute atomic E-state index is 0.293. The van der Waals surface area contributed by atoms with Crippen molar-refractivity contribution < 1.29 is 23.8 Å². The molecule has 0 aromatic carbocycles. The summed E-state index contributed by atoms with van der Waals surface area (Å²) in [7, 11) is 2.93. The zero-order chi connectivity index (χ0) is 15.6. The smallest absolute Gasteiger partial charge is 0.410 e. The van der Waals surface area contributed by atoms with Gasteiger partial charge in [0.15, 0.2) is 0 Å². The van der Waals surface area contributed by atoms with Crippen LogP contribution in [0.3, 0.4) is 0 Å². The van der Waals surface area contributed by atoms with Crippen molar-refractivity contribution in [2.45, 2.75) is 45.3 Å². The van der Waals surface area contributed by atoms with E-state index in [9.17, 15) is 9.59 Å². The van der Waals surface area contributed by atoms with Crippen LogP contribution in [0.15, 0.2) is 0 Å². The van der Waals surface area contributed by atoms with Crippen LogP contribution >= 0.6 is 0 Å². The van der Waals surface area contributed by atoms with Crippen LogP contribution in [-0.2, 0) is 19.0 Å². The third kappa shape index (κ3) is 3.85. The molecule has 0 saturated carbocycles. The minimum Gasteiger partial charge on any atom is -0.469 e. The number of ether oxygens (including phenoxy) is 3. The zero-order valence-corrected chi connectivity index (χ0v) is 13.2. The van der Waals surface area contributed by atoms with Gasteiger partial charge >= 0.3 is 12.1 Å². The van der Waals surface area contributed by atoms with E-state index in [1.165, 1.54) is 7.11 Å². The van der Waals surface area contributed by atoms with Crippen LogP contribution < -0.4 is 0 Å². The maximum Gasteiger partial charge on any atom is 0.410 e. The first-order valence-corrected chi connectivity index (χ1v) is 6.70. The molecule has 1 aliphatic heterocycles. The highest BCUT2D eigenvalue weighted by atomic mass is 16.6. The Labute approximate surface area is 120 Å². The second-order valence-electron chi connectivity index (χ2n) is 6.45. The monoisotopic (exact) mass is 287 g/mol. The van der Waals surface area contributed by atoms with E-state index in [4.69, 9.17) is 14.2 Å². The van der Waals surface area contributed by atoms with E-state index >= 15 is 0 Å². The quantitative estimate of drug-likeness (QED) is 0.741. The van der Waals surface area contributed by atoms with Crippen molar-refractivity contribution in [3.05, 3.63) is 0 Å². The van der Waals surface area contributed by atoms with Gasteiger partial charge < -0.3 is 14.2 Å². The van der Waals surface area contributed by atoms with Gasteiger partial charge in [-0.05, 0) is 34.1 Å². The Balaban J connectivity index is 2.90. The van der Waals surface area contributed by atoms with Gasteiger partial charge in [-0.1, -0.05) is 0 Å². The lowest BCUT2D eigenvalue weighted by Crippen LogP contribution is -2.49. The number of esters is 1. The lowest BCUT2D eigenvalue weighted by Gasteiger charge is -2.35. The van der Waals surface area contributed by atoms with Gasteiger partial charge in [-0.25, -0.2) is 4.79 Å². The standard InChI is InChI=1S/C14H25NO5/c1-13(2,3)20-12(17)15-8-10(11(16)19-6)7-14(15,4)9-18-5/h10H,7-9H2,1-6H3. The van der Waals surface area contributed by atoms with E-state index in [1.54, 1.807) is 12.0 Å². The number of hydrogen-bond donors (Lipinski definition) is 0. The summed E-state index contributed by atoms with van der Waals surface area (Å²) in [5.74, 6) is -0.647. The lowest BCUT2D eigenvalue weighted by atomic mass is 9.95. The van der Waals surface area contributed by atoms with Crippen molar-refractivity contribution in [3.63, 3.8) is 0 Å². The summed E-state index contributed by atoms with van der Waals surface area (Å²) in [4.78, 5) is 25.6. The maximum absolute atomic E-state index is 12.3. The van der Waals surface area contributed by atoms with Crippen molar-refractivity contribution in [2.75, 3.05) is 27.4 Å². The minimum atomic E-state index is -0.575. The number of nitrogens with zero attached hydrogens (tertiary/aromatic N) is 1. The fourth-order valence-electron chi connectivity index (χ4n) is 2.53. The van der Waals surface area contributed by atoms with E-state index in [-0.39, 0.29) is 11.9 Å². The first-order valence-electron chi connectivity index (χ1n) is 6.70. The normalized spacial score (nSPS) is 26.5. The molecule has 116 valence electrons. The van der Waals surface area contributed by atoms with Crippen LogP contribution in [0.4, 0.5) is 4.79 Å². The predicted octanol–water partition coefficient (Wildman–Crippen LogP) is 1.82. The summed E-state index contributed by atoms with van der Waals surface area (Å²) in [6.45, 7) is 7.97. The van der Waals surface area contributed by atoms with Gasteiger partial charge in [0.05, 0.1) is 25.2 Å². The van der Waals surface area contributed by atoms with Crippen LogP contribution in [0.25, 0.3) is 0 Å². The number of likely N-dealkylation sites (tertiary alicyclic amines) is 1. The lowest BCUT2D eigenvalue weighted by molar-refractivity contribution is -0.145. The van der Waals surface area contributed by atoms with E-state index in [2.05, 4.69) is 0 Å². The highest BCUT2D eigenvalue weighted by Crippen LogP contribution is 2.35. The summed E-state index contributed by atoms with van der Waals surface area (Å²) >= 11 is 0. The number of carbonyl (C=O) groups is 2. The Morgan fingerprint density at radius 2 is 1.90 bits per heavy atom. The predicted molar refractivity (Wildman–Crippen MR) is 73.3 cm³/mol. The fourth-order valence-corrected chi connectivity index (χ4v) is 2.53. The van der Waals surface area contributed by atoms with Gasteiger partial charge in [0, 0.05) is 13.7 Å². The topological polar surface area (TPSA) is 65.1 Å². The summed E-state index contributed by atoms with van der Waals surface area (Å²) < 4.78 is 15.4. The first kappa shape index (κ1) is 16.8. The fraction of sp³-hybridized carbons (Fsp3) is 0.857. The Bertz CT molecular complexity index is 376. The summed E-state index contributed by atoms with van der Waals surface area (Å²) in [6, 6.07) is 0.